The lowest BCUT2D eigenvalue weighted by molar-refractivity contribution is -0.150. The van der Waals surface area contributed by atoms with Crippen molar-refractivity contribution in [2.24, 2.45) is 0 Å². The summed E-state index contributed by atoms with van der Waals surface area (Å²) in [7, 11) is -2.34. The average Bonchev–Trinajstić information content (AvgIpc) is 2.97. The molecule has 1 heterocycles. The van der Waals surface area contributed by atoms with Gasteiger partial charge in [-0.3, -0.25) is 14.4 Å². The lowest BCUT2D eigenvalue weighted by Gasteiger charge is -2.37. The summed E-state index contributed by atoms with van der Waals surface area (Å²) in [5.41, 5.74) is 1.99. The van der Waals surface area contributed by atoms with Crippen LogP contribution < -0.4 is 15.2 Å². The number of carbonyl (C=O) groups is 3. The summed E-state index contributed by atoms with van der Waals surface area (Å²) in [4.78, 5) is 40.8. The lowest BCUT2D eigenvalue weighted by Crippen LogP contribution is -2.49. The van der Waals surface area contributed by atoms with Crippen LogP contribution in [0.2, 0.25) is 19.6 Å². The van der Waals surface area contributed by atoms with E-state index in [0.717, 1.165) is 23.3 Å². The number of esters is 1. The molecule has 3 aromatic rings. The van der Waals surface area contributed by atoms with E-state index in [-0.39, 0.29) is 36.9 Å². The third-order valence-corrected chi connectivity index (χ3v) is 9.37. The molecule has 11 heteroatoms. The maximum atomic E-state index is 15.0. The molecule has 0 fully saturated rings. The molecule has 1 aliphatic heterocycles. The third-order valence-electron chi connectivity index (χ3n) is 7.39. The number of aliphatic hydroxyl groups is 1. The number of nitrogens with zero attached hydrogens (tertiary/aromatic N) is 1. The highest BCUT2D eigenvalue weighted by molar-refractivity contribution is 6.88. The summed E-state index contributed by atoms with van der Waals surface area (Å²) in [6, 6.07) is 15.2. The number of hydrogen-bond acceptors (Lipinski definition) is 6. The normalized spacial score (nSPS) is 15.2. The average molecular weight is 625 g/mol. The van der Waals surface area contributed by atoms with Crippen molar-refractivity contribution in [2.75, 3.05) is 18.5 Å². The van der Waals surface area contributed by atoms with Gasteiger partial charge in [0, 0.05) is 23.8 Å². The first-order valence-corrected chi connectivity index (χ1v) is 18.1. The molecule has 44 heavy (non-hydrogen) atoms. The number of anilines is 1. The van der Waals surface area contributed by atoms with E-state index in [0.29, 0.717) is 24.3 Å². The maximum absolute atomic E-state index is 15.0. The number of ether oxygens (including phenoxy) is 2. The highest BCUT2D eigenvalue weighted by atomic mass is 28.3. The van der Waals surface area contributed by atoms with Crippen LogP contribution in [0.4, 0.5) is 14.5 Å². The van der Waals surface area contributed by atoms with E-state index in [9.17, 15) is 28.3 Å². The second-order valence-electron chi connectivity index (χ2n) is 11.7. The van der Waals surface area contributed by atoms with E-state index in [1.807, 2.05) is 56.9 Å². The molecule has 4 rings (SSSR count). The molecule has 0 saturated heterocycles. The number of halogens is 2. The lowest BCUT2D eigenvalue weighted by atomic mass is 9.91. The van der Waals surface area contributed by atoms with Gasteiger partial charge in [0.1, 0.15) is 36.1 Å². The summed E-state index contributed by atoms with van der Waals surface area (Å²) in [6.07, 6.45) is -1.61. The molecule has 0 aliphatic carbocycles. The number of aliphatic hydroxyl groups excluding tert-OH is 1. The Bertz CT molecular complexity index is 1490. The Hall–Kier alpha value is -4.09. The van der Waals surface area contributed by atoms with Crippen molar-refractivity contribution >= 4 is 36.7 Å². The van der Waals surface area contributed by atoms with Gasteiger partial charge in [-0.2, -0.15) is 0 Å². The van der Waals surface area contributed by atoms with E-state index < -0.39 is 49.6 Å². The maximum Gasteiger partial charge on any atom is 0.306 e. The number of amides is 2. The molecule has 0 aromatic heterocycles. The SMILES string of the molecule is CCOc1ccc2c(c1)CCN(C(=O)[C@H](O)CCC(=O)OCc1ccccc1)[C@H]2C(=O)Nc1cc(F)c([Si](C)(C)C)c(F)c1. The molecule has 234 valence electrons. The first kappa shape index (κ1) is 32.8. The second-order valence-corrected chi connectivity index (χ2v) is 16.7. The van der Waals surface area contributed by atoms with Crippen molar-refractivity contribution in [3.8, 4) is 5.75 Å². The number of benzene rings is 3. The van der Waals surface area contributed by atoms with E-state index in [2.05, 4.69) is 5.32 Å². The number of hydrogen-bond donors (Lipinski definition) is 2. The number of rotatable bonds is 11. The van der Waals surface area contributed by atoms with Crippen LogP contribution >= 0.6 is 0 Å². The first-order chi connectivity index (χ1) is 20.9. The van der Waals surface area contributed by atoms with Crippen molar-refractivity contribution in [1.29, 1.82) is 0 Å². The van der Waals surface area contributed by atoms with Gasteiger partial charge >= 0.3 is 5.97 Å². The Kier molecular flexibility index (Phi) is 10.5. The minimum absolute atomic E-state index is 0.0317. The monoisotopic (exact) mass is 624 g/mol. The summed E-state index contributed by atoms with van der Waals surface area (Å²) >= 11 is 0. The van der Waals surface area contributed by atoms with Gasteiger partial charge < -0.3 is 24.8 Å². The molecule has 1 aliphatic rings. The van der Waals surface area contributed by atoms with Crippen LogP contribution in [0.3, 0.4) is 0 Å². The summed E-state index contributed by atoms with van der Waals surface area (Å²) in [5, 5.41) is 13.4. The van der Waals surface area contributed by atoms with Crippen molar-refractivity contribution in [3.63, 3.8) is 0 Å². The highest BCUT2D eigenvalue weighted by Gasteiger charge is 2.39. The fourth-order valence-electron chi connectivity index (χ4n) is 5.33. The molecular weight excluding hydrogens is 586 g/mol. The first-order valence-electron chi connectivity index (χ1n) is 14.6. The molecule has 0 unspecified atom stereocenters. The minimum atomic E-state index is -2.34. The number of fused-ring (bicyclic) bond motifs is 1. The fourth-order valence-corrected chi connectivity index (χ4v) is 6.91. The molecule has 8 nitrogen and oxygen atoms in total. The zero-order valence-corrected chi connectivity index (χ0v) is 26.4. The van der Waals surface area contributed by atoms with E-state index >= 15 is 0 Å². The van der Waals surface area contributed by atoms with Crippen LogP contribution in [0.1, 0.15) is 42.5 Å². The topological polar surface area (TPSA) is 105 Å². The Morgan fingerprint density at radius 2 is 1.73 bits per heavy atom. The van der Waals surface area contributed by atoms with Crippen LogP contribution in [0, 0.1) is 11.6 Å². The Morgan fingerprint density at radius 3 is 2.36 bits per heavy atom. The van der Waals surface area contributed by atoms with E-state index in [4.69, 9.17) is 9.47 Å². The fraction of sp³-hybridized carbons (Fsp3) is 0.364. The van der Waals surface area contributed by atoms with Gasteiger partial charge in [-0.15, -0.1) is 0 Å². The predicted molar refractivity (Wildman–Crippen MR) is 165 cm³/mol. The zero-order chi connectivity index (χ0) is 32.0. The molecule has 2 N–H and O–H groups in total. The summed E-state index contributed by atoms with van der Waals surface area (Å²) in [5.74, 6) is -2.90. The van der Waals surface area contributed by atoms with Crippen LogP contribution in [0.5, 0.6) is 5.75 Å². The molecule has 0 saturated carbocycles. The Labute approximate surface area is 257 Å². The number of carbonyl (C=O) groups excluding carboxylic acids is 3. The van der Waals surface area contributed by atoms with E-state index in [1.54, 1.807) is 18.2 Å². The van der Waals surface area contributed by atoms with Gasteiger partial charge in [-0.1, -0.05) is 56.0 Å². The summed E-state index contributed by atoms with van der Waals surface area (Å²) in [6.45, 7) is 7.91. The van der Waals surface area contributed by atoms with Crippen LogP contribution in [0.25, 0.3) is 0 Å². The molecule has 2 amide bonds. The van der Waals surface area contributed by atoms with Gasteiger partial charge in [0.05, 0.1) is 14.7 Å². The zero-order valence-electron chi connectivity index (χ0n) is 25.4. The minimum Gasteiger partial charge on any atom is -0.494 e. The van der Waals surface area contributed by atoms with Gasteiger partial charge in [-0.25, -0.2) is 8.78 Å². The molecule has 0 bridgehead atoms. The van der Waals surface area contributed by atoms with E-state index in [1.165, 1.54) is 4.90 Å². The van der Waals surface area contributed by atoms with Crippen molar-refractivity contribution < 1.29 is 37.7 Å². The third kappa shape index (κ3) is 7.89. The number of nitrogens with one attached hydrogen (secondary N) is 1. The van der Waals surface area contributed by atoms with Crippen LogP contribution in [-0.2, 0) is 32.1 Å². The van der Waals surface area contributed by atoms with Crippen molar-refractivity contribution in [1.82, 2.24) is 4.90 Å². The van der Waals surface area contributed by atoms with Gasteiger partial charge in [0.2, 0.25) is 0 Å². The van der Waals surface area contributed by atoms with Gasteiger partial charge in [0.15, 0.2) is 0 Å². The predicted octanol–water partition coefficient (Wildman–Crippen LogP) is 4.86. The smallest absolute Gasteiger partial charge is 0.306 e. The Balaban J connectivity index is 1.53. The van der Waals surface area contributed by atoms with Crippen LogP contribution in [0.15, 0.2) is 60.7 Å². The van der Waals surface area contributed by atoms with Crippen molar-refractivity contribution in [3.05, 3.63) is 89.0 Å². The highest BCUT2D eigenvalue weighted by Crippen LogP contribution is 2.34. The van der Waals surface area contributed by atoms with Gasteiger partial charge in [0.25, 0.3) is 11.8 Å². The Morgan fingerprint density at radius 1 is 1.05 bits per heavy atom. The van der Waals surface area contributed by atoms with Gasteiger partial charge in [-0.05, 0) is 60.7 Å². The van der Waals surface area contributed by atoms with Crippen molar-refractivity contribution in [2.45, 2.75) is 64.6 Å². The molecule has 0 spiro atoms. The van der Waals surface area contributed by atoms with Crippen LogP contribution in [-0.4, -0.2) is 55.1 Å². The largest absolute Gasteiger partial charge is 0.494 e. The second kappa shape index (κ2) is 14.1. The summed E-state index contributed by atoms with van der Waals surface area (Å²) < 4.78 is 40.8. The quantitative estimate of drug-likeness (QED) is 0.233. The molecule has 3 aromatic carbocycles. The molecule has 0 radical (unpaired) electrons. The molecular formula is C33H38F2N2O6Si. The molecule has 2 atom stereocenters. The standard InChI is InChI=1S/C33H38F2N2O6Si/c1-5-42-24-11-12-25-22(17-24)15-16-37(33(41)28(38)13-14-29(39)43-20-21-9-7-6-8-10-21)30(25)32(40)36-23-18-26(34)31(27(35)19-23)44(2,3)4/h6-12,17-19,28,30,38H,5,13-16,20H2,1-4H3,(H,36,40)/t28-,30-/m1/s1.